The molecule has 106 valence electrons. The van der Waals surface area contributed by atoms with E-state index in [1.54, 1.807) is 0 Å². The molecule has 0 spiro atoms. The fraction of sp³-hybridized carbons (Fsp3) is 0.647. The van der Waals surface area contributed by atoms with E-state index >= 15 is 0 Å². The highest BCUT2D eigenvalue weighted by Gasteiger charge is 2.36. The number of piperazine rings is 1. The molecule has 2 rings (SSSR count). The van der Waals surface area contributed by atoms with Gasteiger partial charge in [0.05, 0.1) is 0 Å². The molecular formula is C17H28N2. The third-order valence-electron chi connectivity index (χ3n) is 4.71. The molecule has 0 aliphatic carbocycles. The molecule has 2 nitrogen and oxygen atoms in total. The Morgan fingerprint density at radius 1 is 1.32 bits per heavy atom. The Balaban J connectivity index is 2.12. The Morgan fingerprint density at radius 3 is 2.58 bits per heavy atom. The van der Waals surface area contributed by atoms with Gasteiger partial charge in [-0.05, 0) is 24.8 Å². The van der Waals surface area contributed by atoms with Gasteiger partial charge in [-0.1, -0.05) is 51.1 Å². The average molecular weight is 260 g/mol. The molecule has 1 N–H and O–H groups in total. The van der Waals surface area contributed by atoms with Crippen LogP contribution in [0.1, 0.15) is 39.7 Å². The Labute approximate surface area is 118 Å². The van der Waals surface area contributed by atoms with Crippen molar-refractivity contribution in [2.45, 2.75) is 52.2 Å². The zero-order valence-electron chi connectivity index (χ0n) is 12.8. The van der Waals surface area contributed by atoms with Crippen molar-refractivity contribution in [1.82, 2.24) is 10.2 Å². The van der Waals surface area contributed by atoms with Crippen LogP contribution in [0.4, 0.5) is 0 Å². The van der Waals surface area contributed by atoms with Crippen LogP contribution in [0, 0.1) is 5.92 Å². The summed E-state index contributed by atoms with van der Waals surface area (Å²) in [5.74, 6) is 0.694. The minimum atomic E-state index is 0.279. The van der Waals surface area contributed by atoms with Gasteiger partial charge in [0.2, 0.25) is 0 Å². The summed E-state index contributed by atoms with van der Waals surface area (Å²) in [5, 5.41) is 3.73. The lowest BCUT2D eigenvalue weighted by atomic mass is 9.89. The van der Waals surface area contributed by atoms with Crippen LogP contribution in [-0.2, 0) is 6.54 Å². The molecule has 0 saturated carbocycles. The summed E-state index contributed by atoms with van der Waals surface area (Å²) < 4.78 is 0. The van der Waals surface area contributed by atoms with E-state index in [0.717, 1.165) is 19.6 Å². The van der Waals surface area contributed by atoms with Gasteiger partial charge < -0.3 is 5.32 Å². The molecule has 1 aliphatic rings. The Bertz CT molecular complexity index is 388. The SMILES string of the molecule is CCC1(C)CNC(C(C)C)CN1Cc1ccccc1. The maximum atomic E-state index is 3.73. The second kappa shape index (κ2) is 6.06. The smallest absolute Gasteiger partial charge is 0.0307 e. The average Bonchev–Trinajstić information content (AvgIpc) is 2.42. The van der Waals surface area contributed by atoms with Crippen LogP contribution in [0.5, 0.6) is 0 Å². The summed E-state index contributed by atoms with van der Waals surface area (Å²) >= 11 is 0. The molecular weight excluding hydrogens is 232 g/mol. The maximum absolute atomic E-state index is 3.73. The van der Waals surface area contributed by atoms with E-state index in [1.807, 2.05) is 0 Å². The minimum Gasteiger partial charge on any atom is -0.311 e. The molecule has 2 unspecified atom stereocenters. The van der Waals surface area contributed by atoms with E-state index in [9.17, 15) is 0 Å². The van der Waals surface area contributed by atoms with Crippen LogP contribution in [0.15, 0.2) is 30.3 Å². The van der Waals surface area contributed by atoms with Crippen molar-refractivity contribution >= 4 is 0 Å². The van der Waals surface area contributed by atoms with Crippen molar-refractivity contribution in [2.75, 3.05) is 13.1 Å². The highest BCUT2D eigenvalue weighted by molar-refractivity contribution is 5.15. The van der Waals surface area contributed by atoms with Gasteiger partial charge in [0, 0.05) is 31.2 Å². The summed E-state index contributed by atoms with van der Waals surface area (Å²) in [7, 11) is 0. The molecule has 1 aromatic rings. The van der Waals surface area contributed by atoms with E-state index in [2.05, 4.69) is 68.2 Å². The van der Waals surface area contributed by atoms with Crippen LogP contribution in [0.25, 0.3) is 0 Å². The van der Waals surface area contributed by atoms with Gasteiger partial charge >= 0.3 is 0 Å². The second-order valence-corrected chi connectivity index (χ2v) is 6.45. The first-order valence-corrected chi connectivity index (χ1v) is 7.57. The summed E-state index contributed by atoms with van der Waals surface area (Å²) in [6.07, 6.45) is 1.19. The lowest BCUT2D eigenvalue weighted by Gasteiger charge is -2.49. The lowest BCUT2D eigenvalue weighted by Crippen LogP contribution is -2.63. The predicted molar refractivity (Wildman–Crippen MR) is 82.2 cm³/mol. The van der Waals surface area contributed by atoms with Gasteiger partial charge in [-0.3, -0.25) is 4.90 Å². The van der Waals surface area contributed by atoms with Gasteiger partial charge in [-0.25, -0.2) is 0 Å². The quantitative estimate of drug-likeness (QED) is 0.893. The van der Waals surface area contributed by atoms with Gasteiger partial charge in [-0.2, -0.15) is 0 Å². The molecule has 2 atom stereocenters. The van der Waals surface area contributed by atoms with Gasteiger partial charge in [-0.15, -0.1) is 0 Å². The van der Waals surface area contributed by atoms with E-state index in [-0.39, 0.29) is 5.54 Å². The highest BCUT2D eigenvalue weighted by atomic mass is 15.3. The standard InChI is InChI=1S/C17H28N2/c1-5-17(4)13-18-16(14(2)3)12-19(17)11-15-9-7-6-8-10-15/h6-10,14,16,18H,5,11-13H2,1-4H3. The third kappa shape index (κ3) is 3.37. The number of hydrogen-bond donors (Lipinski definition) is 1. The fourth-order valence-electron chi connectivity index (χ4n) is 2.84. The molecule has 2 heteroatoms. The topological polar surface area (TPSA) is 15.3 Å². The first-order valence-electron chi connectivity index (χ1n) is 7.57. The molecule has 1 aromatic carbocycles. The van der Waals surface area contributed by atoms with E-state index in [0.29, 0.717) is 12.0 Å². The third-order valence-corrected chi connectivity index (χ3v) is 4.71. The Hall–Kier alpha value is -0.860. The van der Waals surface area contributed by atoms with Crippen molar-refractivity contribution in [1.29, 1.82) is 0 Å². The van der Waals surface area contributed by atoms with Gasteiger partial charge in [0.25, 0.3) is 0 Å². The van der Waals surface area contributed by atoms with Crippen molar-refractivity contribution in [3.8, 4) is 0 Å². The lowest BCUT2D eigenvalue weighted by molar-refractivity contribution is 0.0317. The molecule has 1 saturated heterocycles. The normalized spacial score (nSPS) is 28.8. The van der Waals surface area contributed by atoms with Crippen LogP contribution >= 0.6 is 0 Å². The maximum Gasteiger partial charge on any atom is 0.0307 e. The Morgan fingerprint density at radius 2 is 2.00 bits per heavy atom. The second-order valence-electron chi connectivity index (χ2n) is 6.45. The fourth-order valence-corrected chi connectivity index (χ4v) is 2.84. The van der Waals surface area contributed by atoms with E-state index < -0.39 is 0 Å². The minimum absolute atomic E-state index is 0.279. The summed E-state index contributed by atoms with van der Waals surface area (Å²) in [6, 6.07) is 11.5. The molecule has 1 fully saturated rings. The predicted octanol–water partition coefficient (Wildman–Crippen LogP) is 3.29. The number of nitrogens with one attached hydrogen (secondary N) is 1. The van der Waals surface area contributed by atoms with Crippen LogP contribution in [-0.4, -0.2) is 29.6 Å². The van der Waals surface area contributed by atoms with Crippen molar-refractivity contribution < 1.29 is 0 Å². The molecule has 0 radical (unpaired) electrons. The molecule has 19 heavy (non-hydrogen) atoms. The molecule has 1 aliphatic heterocycles. The number of rotatable bonds is 4. The first-order chi connectivity index (χ1) is 9.05. The van der Waals surface area contributed by atoms with Crippen molar-refractivity contribution in [3.05, 3.63) is 35.9 Å². The summed E-state index contributed by atoms with van der Waals surface area (Å²) in [5.41, 5.74) is 1.70. The summed E-state index contributed by atoms with van der Waals surface area (Å²) in [6.45, 7) is 12.6. The van der Waals surface area contributed by atoms with Crippen molar-refractivity contribution in [2.24, 2.45) is 5.92 Å². The number of nitrogens with zero attached hydrogens (tertiary/aromatic N) is 1. The van der Waals surface area contributed by atoms with E-state index in [4.69, 9.17) is 0 Å². The van der Waals surface area contributed by atoms with Gasteiger partial charge in [0.15, 0.2) is 0 Å². The zero-order valence-corrected chi connectivity index (χ0v) is 12.8. The first kappa shape index (κ1) is 14.5. The highest BCUT2D eigenvalue weighted by Crippen LogP contribution is 2.26. The molecule has 0 aromatic heterocycles. The Kier molecular flexibility index (Phi) is 4.64. The zero-order chi connectivity index (χ0) is 13.9. The summed E-state index contributed by atoms with van der Waals surface area (Å²) in [4.78, 5) is 2.67. The molecule has 0 amide bonds. The largest absolute Gasteiger partial charge is 0.311 e. The van der Waals surface area contributed by atoms with Gasteiger partial charge in [0.1, 0.15) is 0 Å². The number of benzene rings is 1. The number of hydrogen-bond acceptors (Lipinski definition) is 2. The van der Waals surface area contributed by atoms with Crippen LogP contribution in [0.3, 0.4) is 0 Å². The van der Waals surface area contributed by atoms with Crippen LogP contribution in [0.2, 0.25) is 0 Å². The molecule has 1 heterocycles. The van der Waals surface area contributed by atoms with Crippen molar-refractivity contribution in [3.63, 3.8) is 0 Å². The molecule has 0 bridgehead atoms. The monoisotopic (exact) mass is 260 g/mol. The van der Waals surface area contributed by atoms with E-state index in [1.165, 1.54) is 12.0 Å². The van der Waals surface area contributed by atoms with Crippen LogP contribution < -0.4 is 5.32 Å².